The summed E-state index contributed by atoms with van der Waals surface area (Å²) in [4.78, 5) is 0. The molecule has 0 amide bonds. The Kier molecular flexibility index (Phi) is 2.93. The first-order chi connectivity index (χ1) is 8.04. The summed E-state index contributed by atoms with van der Waals surface area (Å²) in [6, 6.07) is 9.48. The van der Waals surface area contributed by atoms with Crippen LogP contribution in [0.1, 0.15) is 33.3 Å². The minimum atomic E-state index is 0.136. The second-order valence-electron chi connectivity index (χ2n) is 4.57. The maximum atomic E-state index is 12.5. The summed E-state index contributed by atoms with van der Waals surface area (Å²) >= 11 is 0. The second kappa shape index (κ2) is 4.25. The lowest BCUT2D eigenvalue weighted by Gasteiger charge is -2.19. The van der Waals surface area contributed by atoms with E-state index in [-0.39, 0.29) is 5.76 Å². The molecule has 0 bridgehead atoms. The van der Waals surface area contributed by atoms with Crippen LogP contribution in [-0.4, -0.2) is 0 Å². The Bertz CT molecular complexity index is 516. The molecule has 0 saturated carbocycles. The summed E-state index contributed by atoms with van der Waals surface area (Å²) in [5.74, 6) is 0.136. The number of hydrogen-bond acceptors (Lipinski definition) is 1. The molecule has 2 rings (SSSR count). The van der Waals surface area contributed by atoms with E-state index in [0.717, 1.165) is 22.3 Å². The summed E-state index contributed by atoms with van der Waals surface area (Å²) in [5, 5.41) is 12.5. The highest BCUT2D eigenvalue weighted by atomic mass is 16.3. The average Bonchev–Trinajstić information content (AvgIpc) is 2.54. The largest absolute Gasteiger partial charge is 0.872 e. The smallest absolute Gasteiger partial charge is 0.0265 e. The van der Waals surface area contributed by atoms with Crippen molar-refractivity contribution in [1.29, 1.82) is 0 Å². The Hall–Kier alpha value is -1.76. The highest BCUT2D eigenvalue weighted by Gasteiger charge is 2.18. The van der Waals surface area contributed by atoms with Crippen LogP contribution in [0, 0.1) is 0 Å². The third-order valence-corrected chi connectivity index (χ3v) is 3.70. The topological polar surface area (TPSA) is 23.1 Å². The summed E-state index contributed by atoms with van der Waals surface area (Å²) < 4.78 is 0. The molecule has 0 atom stereocenters. The van der Waals surface area contributed by atoms with Gasteiger partial charge < -0.3 is 5.11 Å². The van der Waals surface area contributed by atoms with E-state index in [4.69, 9.17) is 0 Å². The zero-order valence-electron chi connectivity index (χ0n) is 10.8. The van der Waals surface area contributed by atoms with Crippen LogP contribution in [0.4, 0.5) is 0 Å². The van der Waals surface area contributed by atoms with E-state index in [1.165, 1.54) is 11.1 Å². The zero-order valence-corrected chi connectivity index (χ0v) is 10.8. The Balaban J connectivity index is 2.62. The van der Waals surface area contributed by atoms with Crippen molar-refractivity contribution in [3.05, 3.63) is 63.8 Å². The van der Waals surface area contributed by atoms with Crippen molar-refractivity contribution < 1.29 is 5.11 Å². The first kappa shape index (κ1) is 11.7. The van der Waals surface area contributed by atoms with E-state index in [9.17, 15) is 5.11 Å². The zero-order chi connectivity index (χ0) is 12.6. The van der Waals surface area contributed by atoms with Gasteiger partial charge in [-0.15, -0.1) is 0 Å². The Morgan fingerprint density at radius 1 is 0.765 bits per heavy atom. The van der Waals surface area contributed by atoms with Gasteiger partial charge in [-0.2, -0.15) is 0 Å². The standard InChI is InChI=1S/C16H18O/c1-10-11(2)13(4)15(12(10)3)16(17)14-8-6-5-7-9-14/h5-9,17H,1-4H3/p-1. The number of benzene rings is 1. The van der Waals surface area contributed by atoms with E-state index in [1.807, 2.05) is 44.2 Å². The molecule has 1 nitrogen and oxygen atoms in total. The monoisotopic (exact) mass is 225 g/mol. The van der Waals surface area contributed by atoms with Gasteiger partial charge in [0.15, 0.2) is 0 Å². The SMILES string of the molecule is CC1=C(C)C(=C([O-])c2ccccc2)C(C)=C1C. The van der Waals surface area contributed by atoms with Gasteiger partial charge in [0.2, 0.25) is 0 Å². The molecule has 17 heavy (non-hydrogen) atoms. The van der Waals surface area contributed by atoms with Crippen molar-refractivity contribution in [2.45, 2.75) is 27.7 Å². The minimum Gasteiger partial charge on any atom is -0.872 e. The summed E-state index contributed by atoms with van der Waals surface area (Å²) in [6.07, 6.45) is 0. The van der Waals surface area contributed by atoms with E-state index < -0.39 is 0 Å². The summed E-state index contributed by atoms with van der Waals surface area (Å²) in [7, 11) is 0. The van der Waals surface area contributed by atoms with Gasteiger partial charge in [-0.25, -0.2) is 0 Å². The highest BCUT2D eigenvalue weighted by Crippen LogP contribution is 2.38. The number of hydrogen-bond donors (Lipinski definition) is 0. The maximum absolute atomic E-state index is 12.5. The van der Waals surface area contributed by atoms with Crippen molar-refractivity contribution in [1.82, 2.24) is 0 Å². The van der Waals surface area contributed by atoms with E-state index in [2.05, 4.69) is 13.8 Å². The molecule has 88 valence electrons. The van der Waals surface area contributed by atoms with Gasteiger partial charge in [0, 0.05) is 0 Å². The minimum absolute atomic E-state index is 0.136. The lowest BCUT2D eigenvalue weighted by Crippen LogP contribution is -2.07. The Labute approximate surface area is 103 Å². The molecule has 0 fully saturated rings. The van der Waals surface area contributed by atoms with Gasteiger partial charge >= 0.3 is 0 Å². The molecule has 1 heteroatoms. The molecule has 0 unspecified atom stereocenters. The molecule has 0 saturated heterocycles. The number of allylic oxidation sites excluding steroid dienone is 5. The second-order valence-corrected chi connectivity index (χ2v) is 4.57. The fraction of sp³-hybridized carbons (Fsp3) is 0.250. The predicted octanol–water partition coefficient (Wildman–Crippen LogP) is 3.44. The summed E-state index contributed by atoms with van der Waals surface area (Å²) in [5.41, 5.74) is 6.36. The van der Waals surface area contributed by atoms with Crippen molar-refractivity contribution in [3.8, 4) is 0 Å². The first-order valence-corrected chi connectivity index (χ1v) is 5.86. The molecule has 1 aliphatic rings. The maximum Gasteiger partial charge on any atom is -0.0265 e. The highest BCUT2D eigenvalue weighted by molar-refractivity contribution is 5.75. The van der Waals surface area contributed by atoms with Gasteiger partial charge in [0.05, 0.1) is 0 Å². The molecule has 0 radical (unpaired) electrons. The molecular formula is C16H17O-. The van der Waals surface area contributed by atoms with Gasteiger partial charge in [0.25, 0.3) is 0 Å². The molecule has 0 spiro atoms. The third kappa shape index (κ3) is 1.82. The van der Waals surface area contributed by atoms with Crippen molar-refractivity contribution >= 4 is 5.76 Å². The van der Waals surface area contributed by atoms with Crippen LogP contribution >= 0.6 is 0 Å². The molecule has 0 aromatic heterocycles. The van der Waals surface area contributed by atoms with Crippen LogP contribution in [-0.2, 0) is 0 Å². The quantitative estimate of drug-likeness (QED) is 0.671. The molecule has 1 aliphatic carbocycles. The third-order valence-electron chi connectivity index (χ3n) is 3.70. The lowest BCUT2D eigenvalue weighted by molar-refractivity contribution is -0.244. The predicted molar refractivity (Wildman–Crippen MR) is 70.1 cm³/mol. The van der Waals surface area contributed by atoms with Crippen LogP contribution in [0.3, 0.4) is 0 Å². The fourth-order valence-electron chi connectivity index (χ4n) is 2.29. The Morgan fingerprint density at radius 2 is 1.24 bits per heavy atom. The molecule has 0 heterocycles. The molecule has 1 aromatic rings. The molecule has 0 N–H and O–H groups in total. The summed E-state index contributed by atoms with van der Waals surface area (Å²) in [6.45, 7) is 8.23. The van der Waals surface area contributed by atoms with Crippen molar-refractivity contribution in [2.24, 2.45) is 0 Å². The molecule has 1 aromatic carbocycles. The van der Waals surface area contributed by atoms with Gasteiger partial charge in [-0.1, -0.05) is 36.1 Å². The molecular weight excluding hydrogens is 208 g/mol. The van der Waals surface area contributed by atoms with Crippen LogP contribution in [0.15, 0.2) is 58.2 Å². The van der Waals surface area contributed by atoms with E-state index >= 15 is 0 Å². The first-order valence-electron chi connectivity index (χ1n) is 5.86. The fourth-order valence-corrected chi connectivity index (χ4v) is 2.29. The van der Waals surface area contributed by atoms with E-state index in [1.54, 1.807) is 0 Å². The van der Waals surface area contributed by atoms with Crippen LogP contribution in [0.2, 0.25) is 0 Å². The number of rotatable bonds is 1. The van der Waals surface area contributed by atoms with Crippen molar-refractivity contribution in [2.75, 3.05) is 0 Å². The normalized spacial score (nSPS) is 15.9. The van der Waals surface area contributed by atoms with Gasteiger partial charge in [-0.3, -0.25) is 0 Å². The van der Waals surface area contributed by atoms with Crippen LogP contribution in [0.5, 0.6) is 0 Å². The van der Waals surface area contributed by atoms with Crippen LogP contribution < -0.4 is 5.11 Å². The van der Waals surface area contributed by atoms with Gasteiger partial charge in [-0.05, 0) is 61.1 Å². The lowest BCUT2D eigenvalue weighted by atomic mass is 9.99. The van der Waals surface area contributed by atoms with Crippen molar-refractivity contribution in [3.63, 3.8) is 0 Å². The average molecular weight is 225 g/mol. The van der Waals surface area contributed by atoms with Gasteiger partial charge in [0.1, 0.15) is 0 Å². The Morgan fingerprint density at radius 3 is 1.71 bits per heavy atom. The molecule has 0 aliphatic heterocycles. The van der Waals surface area contributed by atoms with Crippen LogP contribution in [0.25, 0.3) is 5.76 Å². The van der Waals surface area contributed by atoms with E-state index in [0.29, 0.717) is 0 Å².